The molecule has 1 saturated heterocycles. The summed E-state index contributed by atoms with van der Waals surface area (Å²) < 4.78 is 0. The summed E-state index contributed by atoms with van der Waals surface area (Å²) in [4.78, 5) is 14.4. The predicted molar refractivity (Wildman–Crippen MR) is 50.4 cm³/mol. The van der Waals surface area contributed by atoms with Crippen LogP contribution < -0.4 is 10.6 Å². The zero-order chi connectivity index (χ0) is 9.26. The molecule has 13 heavy (non-hydrogen) atoms. The molecule has 1 fully saturated rings. The van der Waals surface area contributed by atoms with Crippen molar-refractivity contribution in [1.82, 2.24) is 15.0 Å². The van der Waals surface area contributed by atoms with Gasteiger partial charge in [-0.25, -0.2) is 0 Å². The van der Waals surface area contributed by atoms with Gasteiger partial charge in [-0.15, -0.1) is 0 Å². The largest absolute Gasteiger partial charge is 0.368 e. The quantitative estimate of drug-likeness (QED) is 0.674. The van der Waals surface area contributed by atoms with Gasteiger partial charge in [0.1, 0.15) is 5.82 Å². The number of rotatable bonds is 1. The summed E-state index contributed by atoms with van der Waals surface area (Å²) in [5.41, 5.74) is 5.54. The van der Waals surface area contributed by atoms with Crippen LogP contribution >= 0.6 is 0 Å². The summed E-state index contributed by atoms with van der Waals surface area (Å²) in [5.74, 6) is 1.73. The fourth-order valence-electron chi connectivity index (χ4n) is 1.55. The molecule has 0 aliphatic carbocycles. The first-order chi connectivity index (χ1) is 6.25. The lowest BCUT2D eigenvalue weighted by Crippen LogP contribution is -2.21. The summed E-state index contributed by atoms with van der Waals surface area (Å²) >= 11 is 0. The molecule has 0 unspecified atom stereocenters. The van der Waals surface area contributed by atoms with Gasteiger partial charge in [-0.1, -0.05) is 0 Å². The average molecular weight is 179 g/mol. The van der Waals surface area contributed by atoms with Crippen LogP contribution in [0, 0.1) is 6.92 Å². The Labute approximate surface area is 77.0 Å². The molecule has 0 amide bonds. The molecule has 1 aromatic rings. The minimum absolute atomic E-state index is 0.314. The van der Waals surface area contributed by atoms with Crippen LogP contribution in [0.25, 0.3) is 0 Å². The number of hydrogen-bond acceptors (Lipinski definition) is 5. The lowest BCUT2D eigenvalue weighted by atomic mass is 10.4. The molecule has 1 aromatic heterocycles. The summed E-state index contributed by atoms with van der Waals surface area (Å²) in [5, 5.41) is 0. The maximum atomic E-state index is 5.54. The smallest absolute Gasteiger partial charge is 0.230 e. The van der Waals surface area contributed by atoms with Gasteiger partial charge in [-0.3, -0.25) is 0 Å². The highest BCUT2D eigenvalue weighted by Gasteiger charge is 2.15. The number of nitrogens with two attached hydrogens (primary N) is 1. The van der Waals surface area contributed by atoms with E-state index in [0.29, 0.717) is 11.8 Å². The van der Waals surface area contributed by atoms with Crippen molar-refractivity contribution in [2.45, 2.75) is 19.8 Å². The van der Waals surface area contributed by atoms with Crippen molar-refractivity contribution in [3.05, 3.63) is 5.82 Å². The van der Waals surface area contributed by atoms with Gasteiger partial charge >= 0.3 is 0 Å². The monoisotopic (exact) mass is 179 g/mol. The highest BCUT2D eigenvalue weighted by atomic mass is 15.3. The lowest BCUT2D eigenvalue weighted by Gasteiger charge is -2.14. The van der Waals surface area contributed by atoms with Crippen LogP contribution in [-0.4, -0.2) is 28.0 Å². The summed E-state index contributed by atoms with van der Waals surface area (Å²) in [6, 6.07) is 0. The van der Waals surface area contributed by atoms with E-state index in [-0.39, 0.29) is 0 Å². The van der Waals surface area contributed by atoms with Crippen LogP contribution in [0.1, 0.15) is 18.7 Å². The number of hydrogen-bond donors (Lipinski definition) is 1. The van der Waals surface area contributed by atoms with Crippen molar-refractivity contribution in [3.8, 4) is 0 Å². The molecular weight excluding hydrogens is 166 g/mol. The highest BCUT2D eigenvalue weighted by Crippen LogP contribution is 2.15. The highest BCUT2D eigenvalue weighted by molar-refractivity contribution is 5.35. The molecule has 0 radical (unpaired) electrons. The van der Waals surface area contributed by atoms with Crippen LogP contribution in [0.15, 0.2) is 0 Å². The standard InChI is InChI=1S/C8H13N5/c1-6-10-7(9)12-8(11-6)13-4-2-3-5-13/h2-5H2,1H3,(H2,9,10,11,12). The second kappa shape index (κ2) is 3.16. The van der Waals surface area contributed by atoms with Crippen molar-refractivity contribution in [2.24, 2.45) is 0 Å². The minimum Gasteiger partial charge on any atom is -0.368 e. The van der Waals surface area contributed by atoms with Crippen LogP contribution in [0.3, 0.4) is 0 Å². The minimum atomic E-state index is 0.314. The maximum absolute atomic E-state index is 5.54. The van der Waals surface area contributed by atoms with Gasteiger partial charge in [0.25, 0.3) is 0 Å². The van der Waals surface area contributed by atoms with E-state index < -0.39 is 0 Å². The third-order valence-corrected chi connectivity index (χ3v) is 2.14. The molecule has 5 nitrogen and oxygen atoms in total. The molecule has 0 aromatic carbocycles. The molecule has 2 rings (SSSR count). The van der Waals surface area contributed by atoms with Gasteiger partial charge < -0.3 is 10.6 Å². The van der Waals surface area contributed by atoms with E-state index >= 15 is 0 Å². The first kappa shape index (κ1) is 8.22. The number of nitrogen functional groups attached to an aromatic ring is 1. The van der Waals surface area contributed by atoms with Gasteiger partial charge in [0.05, 0.1) is 0 Å². The molecule has 0 spiro atoms. The van der Waals surface area contributed by atoms with E-state index in [4.69, 9.17) is 5.73 Å². The Bertz CT molecular complexity index is 285. The summed E-state index contributed by atoms with van der Waals surface area (Å²) in [6.07, 6.45) is 2.43. The van der Waals surface area contributed by atoms with Crippen LogP contribution in [0.5, 0.6) is 0 Å². The summed E-state index contributed by atoms with van der Waals surface area (Å²) in [6.45, 7) is 3.89. The van der Waals surface area contributed by atoms with Gasteiger partial charge in [-0.05, 0) is 19.8 Å². The fourth-order valence-corrected chi connectivity index (χ4v) is 1.55. The Morgan fingerprint density at radius 1 is 1.15 bits per heavy atom. The fraction of sp³-hybridized carbons (Fsp3) is 0.625. The molecular formula is C8H13N5. The average Bonchev–Trinajstić information content (AvgIpc) is 2.53. The molecule has 5 heteroatoms. The Kier molecular flexibility index (Phi) is 2.00. The molecule has 2 heterocycles. The third-order valence-electron chi connectivity index (χ3n) is 2.14. The summed E-state index contributed by atoms with van der Waals surface area (Å²) in [7, 11) is 0. The van der Waals surface area contributed by atoms with E-state index in [1.54, 1.807) is 0 Å². The van der Waals surface area contributed by atoms with Gasteiger partial charge in [0.2, 0.25) is 11.9 Å². The zero-order valence-corrected chi connectivity index (χ0v) is 7.69. The number of anilines is 2. The Morgan fingerprint density at radius 2 is 1.85 bits per heavy atom. The van der Waals surface area contributed by atoms with E-state index in [9.17, 15) is 0 Å². The van der Waals surface area contributed by atoms with Crippen molar-refractivity contribution in [1.29, 1.82) is 0 Å². The van der Waals surface area contributed by atoms with E-state index in [1.165, 1.54) is 12.8 Å². The molecule has 1 aliphatic heterocycles. The first-order valence-corrected chi connectivity index (χ1v) is 4.49. The molecule has 2 N–H and O–H groups in total. The van der Waals surface area contributed by atoms with Crippen LogP contribution in [0.4, 0.5) is 11.9 Å². The van der Waals surface area contributed by atoms with Crippen LogP contribution in [-0.2, 0) is 0 Å². The first-order valence-electron chi connectivity index (χ1n) is 4.49. The predicted octanol–water partition coefficient (Wildman–Crippen LogP) is 0.362. The van der Waals surface area contributed by atoms with Crippen molar-refractivity contribution < 1.29 is 0 Å². The third kappa shape index (κ3) is 1.68. The topological polar surface area (TPSA) is 67.9 Å². The van der Waals surface area contributed by atoms with E-state index in [1.807, 2.05) is 6.92 Å². The second-order valence-electron chi connectivity index (χ2n) is 3.23. The van der Waals surface area contributed by atoms with Crippen LogP contribution in [0.2, 0.25) is 0 Å². The number of aryl methyl sites for hydroxylation is 1. The van der Waals surface area contributed by atoms with Gasteiger partial charge in [-0.2, -0.15) is 15.0 Å². The molecule has 0 atom stereocenters. The number of aromatic nitrogens is 3. The molecule has 70 valence electrons. The second-order valence-corrected chi connectivity index (χ2v) is 3.23. The Hall–Kier alpha value is -1.39. The van der Waals surface area contributed by atoms with E-state index in [2.05, 4.69) is 19.9 Å². The van der Waals surface area contributed by atoms with Crippen molar-refractivity contribution in [3.63, 3.8) is 0 Å². The van der Waals surface area contributed by atoms with Gasteiger partial charge in [0.15, 0.2) is 0 Å². The van der Waals surface area contributed by atoms with E-state index in [0.717, 1.165) is 19.0 Å². The number of nitrogens with zero attached hydrogens (tertiary/aromatic N) is 4. The Balaban J connectivity index is 2.28. The Morgan fingerprint density at radius 3 is 2.46 bits per heavy atom. The van der Waals surface area contributed by atoms with Gasteiger partial charge in [0, 0.05) is 13.1 Å². The lowest BCUT2D eigenvalue weighted by molar-refractivity contribution is 0.865. The molecule has 0 bridgehead atoms. The van der Waals surface area contributed by atoms with Crippen molar-refractivity contribution in [2.75, 3.05) is 23.7 Å². The van der Waals surface area contributed by atoms with Crippen molar-refractivity contribution >= 4 is 11.9 Å². The zero-order valence-electron chi connectivity index (χ0n) is 7.69. The normalized spacial score (nSPS) is 16.5. The maximum Gasteiger partial charge on any atom is 0.230 e. The molecule has 1 aliphatic rings. The molecule has 0 saturated carbocycles. The SMILES string of the molecule is Cc1nc(N)nc(N2CCCC2)n1.